The Balaban J connectivity index is 0. The summed E-state index contributed by atoms with van der Waals surface area (Å²) in [5.74, 6) is -2.19. The van der Waals surface area contributed by atoms with Gasteiger partial charge in [0.1, 0.15) is 0 Å². The molecule has 0 radical (unpaired) electrons. The van der Waals surface area contributed by atoms with Crippen LogP contribution in [-0.4, -0.2) is 36.7 Å². The van der Waals surface area contributed by atoms with E-state index in [1.165, 1.54) is 7.11 Å². The van der Waals surface area contributed by atoms with Crippen LogP contribution in [-0.2, 0) is 23.9 Å². The van der Waals surface area contributed by atoms with Gasteiger partial charge in [0.05, 0.1) is 13.7 Å². The lowest BCUT2D eigenvalue weighted by atomic mass is 10.5. The molecule has 0 spiro atoms. The average Bonchev–Trinajstić information content (AvgIpc) is 2.26. The number of carbonyl (C=O) groups excluding carboxylic acids is 2. The third kappa shape index (κ3) is 14.4. The number of rotatable bonds is 4. The van der Waals surface area contributed by atoms with Crippen LogP contribution in [0.3, 0.4) is 0 Å². The molecular formula is C10H14O6. The maximum atomic E-state index is 10.4. The number of esters is 2. The van der Waals surface area contributed by atoms with Gasteiger partial charge >= 0.3 is 17.9 Å². The van der Waals surface area contributed by atoms with Crippen molar-refractivity contribution in [2.24, 2.45) is 0 Å². The fraction of sp³-hybridized carbons (Fsp3) is 0.300. The van der Waals surface area contributed by atoms with Gasteiger partial charge in [0.15, 0.2) is 0 Å². The van der Waals surface area contributed by atoms with Crippen LogP contribution < -0.4 is 0 Å². The summed E-state index contributed by atoms with van der Waals surface area (Å²) in [4.78, 5) is 30.0. The zero-order valence-electron chi connectivity index (χ0n) is 9.13. The molecule has 0 aromatic carbocycles. The number of methoxy groups -OCH3 is 1. The monoisotopic (exact) mass is 230 g/mol. The topological polar surface area (TPSA) is 89.9 Å². The first-order valence-corrected chi connectivity index (χ1v) is 4.26. The first-order valence-electron chi connectivity index (χ1n) is 4.26. The summed E-state index contributed by atoms with van der Waals surface area (Å²) in [7, 11) is 1.31. The van der Waals surface area contributed by atoms with E-state index < -0.39 is 17.9 Å². The summed E-state index contributed by atoms with van der Waals surface area (Å²) in [6.07, 6.45) is 2.71. The van der Waals surface area contributed by atoms with Gasteiger partial charge in [0.25, 0.3) is 0 Å². The quantitative estimate of drug-likeness (QED) is 0.559. The van der Waals surface area contributed by atoms with Crippen LogP contribution in [0.15, 0.2) is 24.8 Å². The smallest absolute Gasteiger partial charge is 0.330 e. The minimum Gasteiger partial charge on any atom is -0.478 e. The summed E-state index contributed by atoms with van der Waals surface area (Å²) in [6.45, 7) is 5.06. The maximum Gasteiger partial charge on any atom is 0.330 e. The molecule has 0 amide bonds. The average molecular weight is 230 g/mol. The van der Waals surface area contributed by atoms with E-state index in [0.717, 1.165) is 18.2 Å². The summed E-state index contributed by atoms with van der Waals surface area (Å²) in [5.41, 5.74) is 0. The Morgan fingerprint density at radius 1 is 1.25 bits per heavy atom. The van der Waals surface area contributed by atoms with E-state index in [1.807, 2.05) is 0 Å². The lowest BCUT2D eigenvalue weighted by Crippen LogP contribution is -2.00. The van der Waals surface area contributed by atoms with Crippen LogP contribution in [0.5, 0.6) is 0 Å². The number of carboxylic acid groups (broad SMARTS) is 1. The number of carbonyl (C=O) groups is 3. The molecule has 0 unspecified atom stereocenters. The number of aliphatic carboxylic acids is 1. The lowest BCUT2D eigenvalue weighted by Gasteiger charge is -1.92. The van der Waals surface area contributed by atoms with Crippen molar-refractivity contribution in [2.75, 3.05) is 13.7 Å². The van der Waals surface area contributed by atoms with Crippen molar-refractivity contribution in [3.05, 3.63) is 24.8 Å². The predicted molar refractivity (Wildman–Crippen MR) is 55.6 cm³/mol. The van der Waals surface area contributed by atoms with Gasteiger partial charge in [-0.25, -0.2) is 14.4 Å². The van der Waals surface area contributed by atoms with E-state index in [0.29, 0.717) is 0 Å². The Bertz CT molecular complexity index is 279. The molecule has 0 aromatic heterocycles. The molecule has 0 aromatic rings. The summed E-state index contributed by atoms with van der Waals surface area (Å²) in [5, 5.41) is 8.04. The Morgan fingerprint density at radius 2 is 1.81 bits per heavy atom. The van der Waals surface area contributed by atoms with Gasteiger partial charge in [-0.15, -0.1) is 0 Å². The number of hydrogen-bond acceptors (Lipinski definition) is 5. The van der Waals surface area contributed by atoms with Crippen LogP contribution >= 0.6 is 0 Å². The first kappa shape index (κ1) is 16.3. The van der Waals surface area contributed by atoms with Crippen molar-refractivity contribution < 1.29 is 29.0 Å². The molecule has 0 rings (SSSR count). The highest BCUT2D eigenvalue weighted by Gasteiger charge is 1.94. The van der Waals surface area contributed by atoms with E-state index >= 15 is 0 Å². The number of carboxylic acids is 1. The standard InChI is InChI=1S/C6H8O4.C4H6O2/c1-2-10-6(9)4-3-5(7)8;1-3-4(5)6-2/h3-4H,2H2,1H3,(H,7,8);3H,1H2,2H3. The highest BCUT2D eigenvalue weighted by Crippen LogP contribution is 1.80. The SMILES string of the molecule is C=CC(=O)OC.CCOC(=O)C=CC(=O)O. The highest BCUT2D eigenvalue weighted by atomic mass is 16.5. The molecular weight excluding hydrogens is 216 g/mol. The van der Waals surface area contributed by atoms with Crippen molar-refractivity contribution in [3.8, 4) is 0 Å². The second kappa shape index (κ2) is 11.0. The zero-order chi connectivity index (χ0) is 13.0. The first-order chi connectivity index (χ1) is 7.47. The second-order valence-electron chi connectivity index (χ2n) is 2.15. The molecule has 1 N–H and O–H groups in total. The van der Waals surface area contributed by atoms with Crippen molar-refractivity contribution in [1.82, 2.24) is 0 Å². The third-order valence-corrected chi connectivity index (χ3v) is 1.02. The molecule has 0 heterocycles. The van der Waals surface area contributed by atoms with Crippen LogP contribution in [0.2, 0.25) is 0 Å². The molecule has 0 atom stereocenters. The highest BCUT2D eigenvalue weighted by molar-refractivity contribution is 5.90. The molecule has 0 fully saturated rings. The molecule has 0 aliphatic rings. The molecule has 90 valence electrons. The largest absolute Gasteiger partial charge is 0.478 e. The van der Waals surface area contributed by atoms with E-state index in [-0.39, 0.29) is 6.61 Å². The fourth-order valence-electron chi connectivity index (χ4n) is 0.413. The van der Waals surface area contributed by atoms with E-state index in [4.69, 9.17) is 5.11 Å². The normalized spacial score (nSPS) is 8.62. The fourth-order valence-corrected chi connectivity index (χ4v) is 0.413. The molecule has 16 heavy (non-hydrogen) atoms. The summed E-state index contributed by atoms with van der Waals surface area (Å²) >= 11 is 0. The van der Waals surface area contributed by atoms with Crippen LogP contribution in [0, 0.1) is 0 Å². The zero-order valence-corrected chi connectivity index (χ0v) is 9.13. The van der Waals surface area contributed by atoms with Crippen molar-refractivity contribution in [1.29, 1.82) is 0 Å². The Hall–Kier alpha value is -2.11. The third-order valence-electron chi connectivity index (χ3n) is 1.02. The van der Waals surface area contributed by atoms with Gasteiger partial charge < -0.3 is 14.6 Å². The van der Waals surface area contributed by atoms with E-state index in [1.54, 1.807) is 6.92 Å². The van der Waals surface area contributed by atoms with E-state index in [2.05, 4.69) is 16.1 Å². The second-order valence-corrected chi connectivity index (χ2v) is 2.15. The van der Waals surface area contributed by atoms with Gasteiger partial charge in [-0.3, -0.25) is 0 Å². The summed E-state index contributed by atoms with van der Waals surface area (Å²) < 4.78 is 8.55. The molecule has 0 aliphatic heterocycles. The van der Waals surface area contributed by atoms with Gasteiger partial charge in [0.2, 0.25) is 0 Å². The molecule has 0 aliphatic carbocycles. The molecule has 0 saturated carbocycles. The number of hydrogen-bond donors (Lipinski definition) is 1. The Morgan fingerprint density at radius 3 is 2.06 bits per heavy atom. The maximum absolute atomic E-state index is 10.4. The van der Waals surface area contributed by atoms with Crippen molar-refractivity contribution >= 4 is 17.9 Å². The van der Waals surface area contributed by atoms with Gasteiger partial charge in [-0.05, 0) is 6.92 Å². The van der Waals surface area contributed by atoms with E-state index in [9.17, 15) is 14.4 Å². The van der Waals surface area contributed by atoms with Gasteiger partial charge in [0, 0.05) is 18.2 Å². The van der Waals surface area contributed by atoms with Crippen molar-refractivity contribution in [2.45, 2.75) is 6.92 Å². The van der Waals surface area contributed by atoms with Gasteiger partial charge in [-0.2, -0.15) is 0 Å². The number of ether oxygens (including phenoxy) is 2. The minimum absolute atomic E-state index is 0.253. The van der Waals surface area contributed by atoms with Crippen LogP contribution in [0.4, 0.5) is 0 Å². The van der Waals surface area contributed by atoms with Crippen LogP contribution in [0.1, 0.15) is 6.92 Å². The molecule has 6 nitrogen and oxygen atoms in total. The predicted octanol–water partition coefficient (Wildman–Crippen LogP) is 0.536. The lowest BCUT2D eigenvalue weighted by molar-refractivity contribution is -0.138. The van der Waals surface area contributed by atoms with Crippen LogP contribution in [0.25, 0.3) is 0 Å². The summed E-state index contributed by atoms with van der Waals surface area (Å²) in [6, 6.07) is 0. The Kier molecular flexibility index (Phi) is 11.2. The van der Waals surface area contributed by atoms with Crippen molar-refractivity contribution in [3.63, 3.8) is 0 Å². The molecule has 0 bridgehead atoms. The van der Waals surface area contributed by atoms with Gasteiger partial charge in [-0.1, -0.05) is 6.58 Å². The Labute approximate surface area is 93.2 Å². The molecule has 0 saturated heterocycles. The minimum atomic E-state index is -1.16. The molecule has 6 heteroatoms.